The third-order valence-electron chi connectivity index (χ3n) is 3.52. The number of hydrogen-bond acceptors (Lipinski definition) is 2. The summed E-state index contributed by atoms with van der Waals surface area (Å²) in [7, 11) is 0. The average molecular weight is 198 g/mol. The molecule has 0 amide bonds. The van der Waals surface area contributed by atoms with E-state index in [0.29, 0.717) is 12.1 Å². The Labute approximate surface area is 89.1 Å². The molecule has 0 spiro atoms. The minimum Gasteiger partial charge on any atom is -0.312 e. The molecule has 0 bridgehead atoms. The SMILES string of the molecule is CCC(C)C1CN(C(C)C)CCCN1. The summed E-state index contributed by atoms with van der Waals surface area (Å²) in [5, 5.41) is 3.68. The van der Waals surface area contributed by atoms with Crippen molar-refractivity contribution in [2.45, 2.75) is 52.6 Å². The van der Waals surface area contributed by atoms with Crippen LogP contribution in [0.25, 0.3) is 0 Å². The molecule has 0 saturated carbocycles. The average Bonchev–Trinajstić information content (AvgIpc) is 2.41. The Kier molecular flexibility index (Phi) is 4.90. The van der Waals surface area contributed by atoms with Crippen molar-refractivity contribution < 1.29 is 0 Å². The van der Waals surface area contributed by atoms with Crippen LogP contribution in [0.4, 0.5) is 0 Å². The monoisotopic (exact) mass is 198 g/mol. The highest BCUT2D eigenvalue weighted by Crippen LogP contribution is 2.13. The summed E-state index contributed by atoms with van der Waals surface area (Å²) in [5.74, 6) is 0.800. The van der Waals surface area contributed by atoms with Crippen LogP contribution in [-0.2, 0) is 0 Å². The van der Waals surface area contributed by atoms with E-state index < -0.39 is 0 Å². The van der Waals surface area contributed by atoms with Crippen molar-refractivity contribution in [3.05, 3.63) is 0 Å². The van der Waals surface area contributed by atoms with Gasteiger partial charge in [0.15, 0.2) is 0 Å². The van der Waals surface area contributed by atoms with Crippen LogP contribution in [0.1, 0.15) is 40.5 Å². The maximum atomic E-state index is 3.68. The maximum Gasteiger partial charge on any atom is 0.0220 e. The van der Waals surface area contributed by atoms with E-state index in [9.17, 15) is 0 Å². The predicted molar refractivity (Wildman–Crippen MR) is 62.6 cm³/mol. The van der Waals surface area contributed by atoms with E-state index in [0.717, 1.165) is 5.92 Å². The van der Waals surface area contributed by atoms with Crippen LogP contribution in [0.3, 0.4) is 0 Å². The number of rotatable bonds is 3. The van der Waals surface area contributed by atoms with Gasteiger partial charge in [0, 0.05) is 18.6 Å². The van der Waals surface area contributed by atoms with Crippen molar-refractivity contribution in [1.29, 1.82) is 0 Å². The fourth-order valence-corrected chi connectivity index (χ4v) is 2.11. The maximum absolute atomic E-state index is 3.68. The Morgan fingerprint density at radius 2 is 2.07 bits per heavy atom. The number of hydrogen-bond donors (Lipinski definition) is 1. The first-order valence-corrected chi connectivity index (χ1v) is 6.12. The van der Waals surface area contributed by atoms with Crippen LogP contribution in [0.2, 0.25) is 0 Å². The quantitative estimate of drug-likeness (QED) is 0.747. The second kappa shape index (κ2) is 5.72. The van der Waals surface area contributed by atoms with Gasteiger partial charge in [0.05, 0.1) is 0 Å². The lowest BCUT2D eigenvalue weighted by Gasteiger charge is -2.30. The van der Waals surface area contributed by atoms with Gasteiger partial charge in [-0.15, -0.1) is 0 Å². The zero-order chi connectivity index (χ0) is 10.6. The normalized spacial score (nSPS) is 27.6. The summed E-state index contributed by atoms with van der Waals surface area (Å²) in [6.07, 6.45) is 2.58. The van der Waals surface area contributed by atoms with E-state index >= 15 is 0 Å². The lowest BCUT2D eigenvalue weighted by atomic mass is 9.98. The van der Waals surface area contributed by atoms with E-state index in [2.05, 4.69) is 37.9 Å². The van der Waals surface area contributed by atoms with E-state index in [1.54, 1.807) is 0 Å². The lowest BCUT2D eigenvalue weighted by Crippen LogP contribution is -2.44. The summed E-state index contributed by atoms with van der Waals surface area (Å²) in [4.78, 5) is 2.61. The van der Waals surface area contributed by atoms with Crippen molar-refractivity contribution in [3.8, 4) is 0 Å². The largest absolute Gasteiger partial charge is 0.312 e. The molecule has 2 heteroatoms. The topological polar surface area (TPSA) is 15.3 Å². The van der Waals surface area contributed by atoms with Gasteiger partial charge in [0.2, 0.25) is 0 Å². The molecule has 2 atom stereocenters. The highest BCUT2D eigenvalue weighted by atomic mass is 15.2. The molecule has 1 aliphatic heterocycles. The Bertz CT molecular complexity index is 156. The highest BCUT2D eigenvalue weighted by Gasteiger charge is 2.22. The molecule has 0 aliphatic carbocycles. The molecule has 14 heavy (non-hydrogen) atoms. The molecule has 1 rings (SSSR count). The lowest BCUT2D eigenvalue weighted by molar-refractivity contribution is 0.198. The van der Waals surface area contributed by atoms with Gasteiger partial charge in [0.1, 0.15) is 0 Å². The Morgan fingerprint density at radius 1 is 1.36 bits per heavy atom. The minimum absolute atomic E-state index is 0.696. The minimum atomic E-state index is 0.696. The first-order chi connectivity index (χ1) is 6.65. The summed E-state index contributed by atoms with van der Waals surface area (Å²) >= 11 is 0. The van der Waals surface area contributed by atoms with Crippen LogP contribution >= 0.6 is 0 Å². The molecular weight excluding hydrogens is 172 g/mol. The summed E-state index contributed by atoms with van der Waals surface area (Å²) in [5.41, 5.74) is 0. The van der Waals surface area contributed by atoms with Gasteiger partial charge in [-0.1, -0.05) is 20.3 Å². The molecule has 1 saturated heterocycles. The van der Waals surface area contributed by atoms with Gasteiger partial charge in [-0.25, -0.2) is 0 Å². The molecule has 0 aromatic heterocycles. The van der Waals surface area contributed by atoms with E-state index in [1.807, 2.05) is 0 Å². The number of nitrogens with zero attached hydrogens (tertiary/aromatic N) is 1. The van der Waals surface area contributed by atoms with Crippen LogP contribution in [-0.4, -0.2) is 36.6 Å². The predicted octanol–water partition coefficient (Wildman–Crippen LogP) is 2.10. The first-order valence-electron chi connectivity index (χ1n) is 6.12. The van der Waals surface area contributed by atoms with E-state index in [1.165, 1.54) is 32.5 Å². The number of nitrogens with one attached hydrogen (secondary N) is 1. The van der Waals surface area contributed by atoms with Crippen molar-refractivity contribution in [1.82, 2.24) is 10.2 Å². The van der Waals surface area contributed by atoms with Gasteiger partial charge < -0.3 is 5.32 Å². The van der Waals surface area contributed by atoms with Crippen LogP contribution in [0.15, 0.2) is 0 Å². The summed E-state index contributed by atoms with van der Waals surface area (Å²) in [6.45, 7) is 12.9. The smallest absolute Gasteiger partial charge is 0.0220 e. The second-order valence-electron chi connectivity index (χ2n) is 4.89. The van der Waals surface area contributed by atoms with Crippen LogP contribution in [0.5, 0.6) is 0 Å². The molecule has 1 N–H and O–H groups in total. The van der Waals surface area contributed by atoms with Crippen molar-refractivity contribution in [2.75, 3.05) is 19.6 Å². The van der Waals surface area contributed by atoms with Crippen LogP contribution in [0, 0.1) is 5.92 Å². The second-order valence-corrected chi connectivity index (χ2v) is 4.89. The standard InChI is InChI=1S/C12H26N2/c1-5-11(4)12-9-14(10(2)3)8-6-7-13-12/h10-13H,5-9H2,1-4H3. The molecule has 0 radical (unpaired) electrons. The van der Waals surface area contributed by atoms with Crippen LogP contribution < -0.4 is 5.32 Å². The Hall–Kier alpha value is -0.0800. The third kappa shape index (κ3) is 3.25. The van der Waals surface area contributed by atoms with Gasteiger partial charge in [0.25, 0.3) is 0 Å². The fourth-order valence-electron chi connectivity index (χ4n) is 2.11. The van der Waals surface area contributed by atoms with E-state index in [4.69, 9.17) is 0 Å². The molecule has 0 aromatic rings. The van der Waals surface area contributed by atoms with Crippen molar-refractivity contribution in [2.24, 2.45) is 5.92 Å². The fraction of sp³-hybridized carbons (Fsp3) is 1.00. The third-order valence-corrected chi connectivity index (χ3v) is 3.52. The highest BCUT2D eigenvalue weighted by molar-refractivity contribution is 4.81. The van der Waals surface area contributed by atoms with Crippen molar-refractivity contribution in [3.63, 3.8) is 0 Å². The molecular formula is C12H26N2. The molecule has 2 unspecified atom stereocenters. The van der Waals surface area contributed by atoms with E-state index in [-0.39, 0.29) is 0 Å². The molecule has 1 aliphatic rings. The Balaban J connectivity index is 2.51. The van der Waals surface area contributed by atoms with Gasteiger partial charge in [-0.05, 0) is 39.3 Å². The molecule has 84 valence electrons. The first kappa shape index (κ1) is 12.0. The molecule has 0 aromatic carbocycles. The molecule has 2 nitrogen and oxygen atoms in total. The molecule has 1 fully saturated rings. The Morgan fingerprint density at radius 3 is 2.64 bits per heavy atom. The summed E-state index contributed by atoms with van der Waals surface area (Å²) < 4.78 is 0. The van der Waals surface area contributed by atoms with Gasteiger partial charge in [-0.3, -0.25) is 4.90 Å². The zero-order valence-electron chi connectivity index (χ0n) is 10.2. The van der Waals surface area contributed by atoms with Crippen molar-refractivity contribution >= 4 is 0 Å². The van der Waals surface area contributed by atoms with Gasteiger partial charge in [-0.2, -0.15) is 0 Å². The zero-order valence-corrected chi connectivity index (χ0v) is 10.2. The molecule has 1 heterocycles. The summed E-state index contributed by atoms with van der Waals surface area (Å²) in [6, 6.07) is 1.39. The van der Waals surface area contributed by atoms with Gasteiger partial charge >= 0.3 is 0 Å².